The lowest BCUT2D eigenvalue weighted by Gasteiger charge is -2.30. The van der Waals surface area contributed by atoms with E-state index in [2.05, 4.69) is 16.0 Å². The summed E-state index contributed by atoms with van der Waals surface area (Å²) >= 11 is 0. The van der Waals surface area contributed by atoms with E-state index in [9.17, 15) is 44.7 Å². The van der Waals surface area contributed by atoms with Gasteiger partial charge in [0, 0.05) is 6.42 Å². The molecule has 1 aromatic carbocycles. The van der Waals surface area contributed by atoms with Crippen LogP contribution in [-0.2, 0) is 19.2 Å². The van der Waals surface area contributed by atoms with Gasteiger partial charge in [-0.15, -0.1) is 0 Å². The van der Waals surface area contributed by atoms with Crippen LogP contribution in [0.25, 0.3) is 0 Å². The molecule has 214 valence electrons. The molecule has 0 aromatic heterocycles. The highest BCUT2D eigenvalue weighted by Gasteiger charge is 2.37. The van der Waals surface area contributed by atoms with Gasteiger partial charge in [0.05, 0.1) is 25.1 Å². The Bertz CT molecular complexity index is 900. The SMILES string of the molecule is CC(C)CC(NC(=O)CCCN)C(=O)NC(CO)C(O)C(O)C(O)C(=O)NC(CC(=O)O)c1ccccc1. The molecular weight excluding hydrogens is 500 g/mol. The van der Waals surface area contributed by atoms with Crippen molar-refractivity contribution in [3.63, 3.8) is 0 Å². The molecule has 0 saturated carbocycles. The highest BCUT2D eigenvalue weighted by molar-refractivity contribution is 5.88. The topological polar surface area (TPSA) is 232 Å². The summed E-state index contributed by atoms with van der Waals surface area (Å²) in [6.45, 7) is 3.09. The summed E-state index contributed by atoms with van der Waals surface area (Å²) in [4.78, 5) is 48.8. The Kier molecular flexibility index (Phi) is 14.5. The number of nitrogens with one attached hydrogen (secondary N) is 3. The number of aliphatic hydroxyl groups excluding tert-OH is 4. The maximum absolute atomic E-state index is 12.8. The Balaban J connectivity index is 2.90. The lowest BCUT2D eigenvalue weighted by Crippen LogP contribution is -2.59. The highest BCUT2D eigenvalue weighted by atomic mass is 16.4. The molecule has 38 heavy (non-hydrogen) atoms. The molecular formula is C25H40N4O9. The molecule has 1 aromatic rings. The van der Waals surface area contributed by atoms with Gasteiger partial charge in [0.15, 0.2) is 6.10 Å². The fourth-order valence-corrected chi connectivity index (χ4v) is 3.70. The summed E-state index contributed by atoms with van der Waals surface area (Å²) in [5.41, 5.74) is 5.84. The molecule has 13 nitrogen and oxygen atoms in total. The summed E-state index contributed by atoms with van der Waals surface area (Å²) in [6, 6.07) is 4.57. The molecule has 0 fully saturated rings. The first-order valence-corrected chi connectivity index (χ1v) is 12.4. The second-order valence-electron chi connectivity index (χ2n) is 9.44. The first-order valence-electron chi connectivity index (χ1n) is 12.4. The van der Waals surface area contributed by atoms with Crippen LogP contribution in [0, 0.1) is 5.92 Å². The van der Waals surface area contributed by atoms with Crippen molar-refractivity contribution in [3.05, 3.63) is 35.9 Å². The molecule has 6 atom stereocenters. The predicted octanol–water partition coefficient (Wildman–Crippen LogP) is -1.85. The Morgan fingerprint density at radius 1 is 0.921 bits per heavy atom. The van der Waals surface area contributed by atoms with Crippen LogP contribution in [0.1, 0.15) is 51.1 Å². The van der Waals surface area contributed by atoms with Gasteiger partial charge in [-0.25, -0.2) is 0 Å². The summed E-state index contributed by atoms with van der Waals surface area (Å²) < 4.78 is 0. The average molecular weight is 541 g/mol. The third kappa shape index (κ3) is 11.1. The third-order valence-corrected chi connectivity index (χ3v) is 5.74. The van der Waals surface area contributed by atoms with Gasteiger partial charge in [-0.2, -0.15) is 0 Å². The maximum atomic E-state index is 12.8. The zero-order valence-electron chi connectivity index (χ0n) is 21.6. The summed E-state index contributed by atoms with van der Waals surface area (Å²) in [6.07, 6.45) is -6.11. The number of hydrogen-bond donors (Lipinski definition) is 9. The van der Waals surface area contributed by atoms with Crippen LogP contribution >= 0.6 is 0 Å². The molecule has 10 N–H and O–H groups in total. The van der Waals surface area contributed by atoms with E-state index in [0.29, 0.717) is 18.5 Å². The number of carbonyl (C=O) groups is 4. The summed E-state index contributed by atoms with van der Waals surface area (Å²) in [5, 5.41) is 57.5. The van der Waals surface area contributed by atoms with E-state index < -0.39 is 73.2 Å². The number of carboxylic acids is 1. The average Bonchev–Trinajstić information content (AvgIpc) is 2.88. The number of benzene rings is 1. The second-order valence-corrected chi connectivity index (χ2v) is 9.44. The van der Waals surface area contributed by atoms with Gasteiger partial charge in [0.25, 0.3) is 5.91 Å². The number of carboxylic acid groups (broad SMARTS) is 1. The smallest absolute Gasteiger partial charge is 0.305 e. The fourth-order valence-electron chi connectivity index (χ4n) is 3.70. The van der Waals surface area contributed by atoms with Crippen molar-refractivity contribution in [1.29, 1.82) is 0 Å². The van der Waals surface area contributed by atoms with E-state index in [-0.39, 0.29) is 18.8 Å². The van der Waals surface area contributed by atoms with Gasteiger partial charge < -0.3 is 47.2 Å². The lowest BCUT2D eigenvalue weighted by atomic mass is 9.98. The van der Waals surface area contributed by atoms with Crippen molar-refractivity contribution in [2.75, 3.05) is 13.2 Å². The molecule has 0 aliphatic heterocycles. The maximum Gasteiger partial charge on any atom is 0.305 e. The molecule has 0 spiro atoms. The highest BCUT2D eigenvalue weighted by Crippen LogP contribution is 2.17. The van der Waals surface area contributed by atoms with Gasteiger partial charge in [0.2, 0.25) is 11.8 Å². The first kappa shape index (κ1) is 32.9. The van der Waals surface area contributed by atoms with E-state index in [1.807, 2.05) is 13.8 Å². The van der Waals surface area contributed by atoms with E-state index in [4.69, 9.17) is 5.73 Å². The molecule has 0 heterocycles. The van der Waals surface area contributed by atoms with Crippen LogP contribution in [0.4, 0.5) is 0 Å². The minimum Gasteiger partial charge on any atom is -0.481 e. The molecule has 0 saturated heterocycles. The molecule has 0 aliphatic carbocycles. The number of rotatable bonds is 17. The largest absolute Gasteiger partial charge is 0.481 e. The molecule has 3 amide bonds. The zero-order valence-corrected chi connectivity index (χ0v) is 21.6. The molecule has 0 bridgehead atoms. The minimum absolute atomic E-state index is 0.00229. The van der Waals surface area contributed by atoms with E-state index >= 15 is 0 Å². The van der Waals surface area contributed by atoms with Gasteiger partial charge >= 0.3 is 5.97 Å². The summed E-state index contributed by atoms with van der Waals surface area (Å²) in [5.74, 6) is -3.53. The van der Waals surface area contributed by atoms with Crippen LogP contribution in [0.3, 0.4) is 0 Å². The molecule has 6 unspecified atom stereocenters. The number of carbonyl (C=O) groups excluding carboxylic acids is 3. The van der Waals surface area contributed by atoms with Gasteiger partial charge in [-0.3, -0.25) is 19.2 Å². The molecule has 13 heteroatoms. The monoisotopic (exact) mass is 540 g/mol. The Hall–Kier alpha value is -3.10. The summed E-state index contributed by atoms with van der Waals surface area (Å²) in [7, 11) is 0. The van der Waals surface area contributed by atoms with Gasteiger partial charge in [-0.1, -0.05) is 44.2 Å². The minimum atomic E-state index is -2.22. The molecule has 1 rings (SSSR count). The number of amides is 3. The van der Waals surface area contributed by atoms with Crippen molar-refractivity contribution in [2.24, 2.45) is 11.7 Å². The quantitative estimate of drug-likeness (QED) is 0.107. The van der Waals surface area contributed by atoms with Crippen LogP contribution in [0.15, 0.2) is 30.3 Å². The second kappa shape index (κ2) is 16.7. The standard InChI is InChI=1S/C25H40N4O9/c1-14(2)11-17(27-19(31)9-6-10-26)24(37)29-18(13-30)21(34)22(35)23(36)25(38)28-16(12-20(32)33)15-7-4-3-5-8-15/h3-5,7-8,14,16-18,21-23,30,34-36H,6,9-13,26H2,1-2H3,(H,27,31)(H,28,38)(H,29,37)(H,32,33). The Morgan fingerprint density at radius 2 is 1.55 bits per heavy atom. The van der Waals surface area contributed by atoms with Crippen molar-refractivity contribution < 1.29 is 44.7 Å². The van der Waals surface area contributed by atoms with E-state index in [0.717, 1.165) is 0 Å². The Labute approximate surface area is 221 Å². The third-order valence-electron chi connectivity index (χ3n) is 5.74. The van der Waals surface area contributed by atoms with E-state index in [1.165, 1.54) is 0 Å². The van der Waals surface area contributed by atoms with Crippen molar-refractivity contribution in [1.82, 2.24) is 16.0 Å². The number of aliphatic hydroxyl groups is 4. The van der Waals surface area contributed by atoms with Crippen LogP contribution in [0.2, 0.25) is 0 Å². The first-order chi connectivity index (χ1) is 17.9. The van der Waals surface area contributed by atoms with Crippen molar-refractivity contribution in [3.8, 4) is 0 Å². The number of nitrogens with two attached hydrogens (primary N) is 1. The van der Waals surface area contributed by atoms with Crippen LogP contribution in [-0.4, -0.2) is 92.8 Å². The van der Waals surface area contributed by atoms with Gasteiger partial charge in [0.1, 0.15) is 18.2 Å². The fraction of sp³-hybridized carbons (Fsp3) is 0.600. The zero-order chi connectivity index (χ0) is 28.8. The number of hydrogen-bond acceptors (Lipinski definition) is 9. The predicted molar refractivity (Wildman–Crippen MR) is 136 cm³/mol. The van der Waals surface area contributed by atoms with E-state index in [1.54, 1.807) is 30.3 Å². The Morgan fingerprint density at radius 3 is 2.08 bits per heavy atom. The van der Waals surface area contributed by atoms with Crippen LogP contribution in [0.5, 0.6) is 0 Å². The lowest BCUT2D eigenvalue weighted by molar-refractivity contribution is -0.145. The molecule has 0 radical (unpaired) electrons. The van der Waals surface area contributed by atoms with Crippen LogP contribution < -0.4 is 21.7 Å². The number of aliphatic carboxylic acids is 1. The van der Waals surface area contributed by atoms with Crippen molar-refractivity contribution in [2.45, 2.75) is 76.0 Å². The van der Waals surface area contributed by atoms with Gasteiger partial charge in [-0.05, 0) is 30.9 Å². The van der Waals surface area contributed by atoms with Crippen molar-refractivity contribution >= 4 is 23.7 Å². The molecule has 0 aliphatic rings. The normalized spacial score (nSPS) is 16.0.